The second-order valence-corrected chi connectivity index (χ2v) is 6.11. The van der Waals surface area contributed by atoms with E-state index in [-0.39, 0.29) is 11.9 Å². The number of benzene rings is 1. The molecule has 6 heteroatoms. The van der Waals surface area contributed by atoms with Crippen LogP contribution in [0, 0.1) is 12.7 Å². The van der Waals surface area contributed by atoms with Crippen molar-refractivity contribution in [1.82, 2.24) is 20.0 Å². The molecule has 5 nitrogen and oxygen atoms in total. The molecule has 0 spiro atoms. The first kappa shape index (κ1) is 14.8. The number of nitrogens with one attached hydrogen (secondary N) is 1. The summed E-state index contributed by atoms with van der Waals surface area (Å²) in [5.74, 6) is 1.16. The van der Waals surface area contributed by atoms with Crippen molar-refractivity contribution in [2.75, 3.05) is 5.32 Å². The average molecular weight is 323 g/mol. The predicted molar refractivity (Wildman–Crippen MR) is 89.6 cm³/mol. The molecule has 1 aliphatic rings. The lowest BCUT2D eigenvalue weighted by Crippen LogP contribution is -2.18. The molecule has 1 atom stereocenters. The molecule has 1 aliphatic carbocycles. The Hall–Kier alpha value is -2.76. The summed E-state index contributed by atoms with van der Waals surface area (Å²) in [5.41, 5.74) is 3.16. The van der Waals surface area contributed by atoms with Crippen LogP contribution >= 0.6 is 0 Å². The topological polar surface area (TPSA) is 55.6 Å². The van der Waals surface area contributed by atoms with E-state index in [4.69, 9.17) is 0 Å². The molecule has 0 amide bonds. The molecule has 24 heavy (non-hydrogen) atoms. The zero-order chi connectivity index (χ0) is 16.5. The predicted octanol–water partition coefficient (Wildman–Crippen LogP) is 3.60. The molecule has 0 aliphatic heterocycles. The van der Waals surface area contributed by atoms with Crippen molar-refractivity contribution in [3.05, 3.63) is 65.2 Å². The second kappa shape index (κ2) is 6.03. The van der Waals surface area contributed by atoms with E-state index in [1.807, 2.05) is 37.4 Å². The Morgan fingerprint density at radius 1 is 1.17 bits per heavy atom. The van der Waals surface area contributed by atoms with Crippen molar-refractivity contribution in [1.29, 1.82) is 0 Å². The third-order valence-corrected chi connectivity index (χ3v) is 4.35. The van der Waals surface area contributed by atoms with Crippen LogP contribution in [0.25, 0.3) is 5.82 Å². The molecule has 2 aromatic heterocycles. The van der Waals surface area contributed by atoms with Crippen molar-refractivity contribution in [3.63, 3.8) is 0 Å². The van der Waals surface area contributed by atoms with Crippen LogP contribution in [0.4, 0.5) is 10.2 Å². The molecule has 3 aromatic rings. The van der Waals surface area contributed by atoms with Crippen LogP contribution in [0.3, 0.4) is 0 Å². The molecule has 2 heterocycles. The fourth-order valence-corrected chi connectivity index (χ4v) is 3.17. The summed E-state index contributed by atoms with van der Waals surface area (Å²) in [6.07, 6.45) is 4.89. The average Bonchev–Trinajstić information content (AvgIpc) is 3.03. The Kier molecular flexibility index (Phi) is 3.72. The molecule has 4 rings (SSSR count). The van der Waals surface area contributed by atoms with Crippen molar-refractivity contribution in [2.45, 2.75) is 32.2 Å². The number of aryl methyl sites for hydroxylation is 2. The van der Waals surface area contributed by atoms with Gasteiger partial charge < -0.3 is 5.32 Å². The quantitative estimate of drug-likeness (QED) is 0.800. The summed E-state index contributed by atoms with van der Waals surface area (Å²) in [5, 5.41) is 16.1. The number of aromatic nitrogens is 4. The summed E-state index contributed by atoms with van der Waals surface area (Å²) in [7, 11) is 0. The van der Waals surface area contributed by atoms with Crippen LogP contribution in [-0.2, 0) is 6.42 Å². The van der Waals surface area contributed by atoms with Gasteiger partial charge in [0.25, 0.3) is 0 Å². The van der Waals surface area contributed by atoms with Crippen molar-refractivity contribution >= 4 is 5.82 Å². The zero-order valence-corrected chi connectivity index (χ0v) is 13.4. The highest BCUT2D eigenvalue weighted by Crippen LogP contribution is 2.32. The molecular formula is C18H18FN5. The van der Waals surface area contributed by atoms with Gasteiger partial charge in [0.1, 0.15) is 11.6 Å². The van der Waals surface area contributed by atoms with Gasteiger partial charge in [0.05, 0.1) is 11.7 Å². The second-order valence-electron chi connectivity index (χ2n) is 6.11. The summed E-state index contributed by atoms with van der Waals surface area (Å²) in [6, 6.07) is 10.8. The standard InChI is InChI=1S/C18H18FN5/c1-12-9-10-24(23-12)18-8-7-17(21-22-18)20-16-4-2-3-13-5-6-14(19)11-15(13)16/h5-11,16H,2-4H2,1H3,(H,20,21). The first-order valence-electron chi connectivity index (χ1n) is 8.10. The first-order valence-corrected chi connectivity index (χ1v) is 8.10. The van der Waals surface area contributed by atoms with E-state index in [9.17, 15) is 4.39 Å². The van der Waals surface area contributed by atoms with E-state index in [0.717, 1.165) is 30.5 Å². The molecule has 1 aromatic carbocycles. The first-order chi connectivity index (χ1) is 11.7. The van der Waals surface area contributed by atoms with Crippen molar-refractivity contribution < 1.29 is 4.39 Å². The minimum absolute atomic E-state index is 0.0662. The molecule has 1 unspecified atom stereocenters. The van der Waals surface area contributed by atoms with Crippen molar-refractivity contribution in [3.8, 4) is 5.82 Å². The van der Waals surface area contributed by atoms with Gasteiger partial charge in [-0.3, -0.25) is 0 Å². The molecule has 1 N–H and O–H groups in total. The summed E-state index contributed by atoms with van der Waals surface area (Å²) in [6.45, 7) is 1.93. The van der Waals surface area contributed by atoms with Gasteiger partial charge in [0, 0.05) is 6.20 Å². The molecule has 0 fully saturated rings. The van der Waals surface area contributed by atoms with E-state index >= 15 is 0 Å². The minimum atomic E-state index is -0.196. The van der Waals surface area contributed by atoms with E-state index in [2.05, 4.69) is 20.6 Å². The third-order valence-electron chi connectivity index (χ3n) is 4.35. The van der Waals surface area contributed by atoms with Crippen LogP contribution in [0.2, 0.25) is 0 Å². The van der Waals surface area contributed by atoms with E-state index in [1.54, 1.807) is 10.7 Å². The number of nitrogens with zero attached hydrogens (tertiary/aromatic N) is 4. The zero-order valence-electron chi connectivity index (χ0n) is 13.4. The van der Waals surface area contributed by atoms with Gasteiger partial charge in [-0.2, -0.15) is 5.10 Å². The highest BCUT2D eigenvalue weighted by molar-refractivity contribution is 5.43. The smallest absolute Gasteiger partial charge is 0.175 e. The normalized spacial score (nSPS) is 16.7. The SMILES string of the molecule is Cc1ccn(-c2ccc(NC3CCCc4ccc(F)cc43)nn2)n1. The van der Waals surface area contributed by atoms with Crippen LogP contribution in [0.15, 0.2) is 42.6 Å². The van der Waals surface area contributed by atoms with E-state index in [0.29, 0.717) is 11.6 Å². The number of fused-ring (bicyclic) bond motifs is 1. The van der Waals surface area contributed by atoms with Crippen LogP contribution in [0.1, 0.15) is 35.7 Å². The number of halogens is 1. The Labute approximate surface area is 139 Å². The maximum atomic E-state index is 13.6. The third kappa shape index (κ3) is 2.87. The summed E-state index contributed by atoms with van der Waals surface area (Å²) < 4.78 is 15.3. The highest BCUT2D eigenvalue weighted by Gasteiger charge is 2.21. The van der Waals surface area contributed by atoms with Gasteiger partial charge in [0.2, 0.25) is 0 Å². The monoisotopic (exact) mass is 323 g/mol. The van der Waals surface area contributed by atoms with Crippen molar-refractivity contribution in [2.24, 2.45) is 0 Å². The lowest BCUT2D eigenvalue weighted by molar-refractivity contribution is 0.578. The molecule has 0 saturated heterocycles. The molecule has 0 bridgehead atoms. The van der Waals surface area contributed by atoms with Gasteiger partial charge in [-0.05, 0) is 67.6 Å². The van der Waals surface area contributed by atoms with Gasteiger partial charge in [-0.15, -0.1) is 10.2 Å². The fourth-order valence-electron chi connectivity index (χ4n) is 3.17. The number of hydrogen-bond donors (Lipinski definition) is 1. The molecule has 0 radical (unpaired) electrons. The van der Waals surface area contributed by atoms with E-state index in [1.165, 1.54) is 11.6 Å². The Morgan fingerprint density at radius 2 is 2.08 bits per heavy atom. The number of anilines is 1. The molecule has 0 saturated carbocycles. The van der Waals surface area contributed by atoms with Gasteiger partial charge in [0.15, 0.2) is 5.82 Å². The van der Waals surface area contributed by atoms with Crippen LogP contribution < -0.4 is 5.32 Å². The largest absolute Gasteiger partial charge is 0.362 e. The van der Waals surface area contributed by atoms with Gasteiger partial charge in [-0.1, -0.05) is 6.07 Å². The Morgan fingerprint density at radius 3 is 2.83 bits per heavy atom. The summed E-state index contributed by atoms with van der Waals surface area (Å²) in [4.78, 5) is 0. The number of hydrogen-bond acceptors (Lipinski definition) is 4. The summed E-state index contributed by atoms with van der Waals surface area (Å²) >= 11 is 0. The lowest BCUT2D eigenvalue weighted by atomic mass is 9.87. The van der Waals surface area contributed by atoms with E-state index < -0.39 is 0 Å². The van der Waals surface area contributed by atoms with Gasteiger partial charge >= 0.3 is 0 Å². The van der Waals surface area contributed by atoms with Crippen LogP contribution in [0.5, 0.6) is 0 Å². The molecule has 122 valence electrons. The fraction of sp³-hybridized carbons (Fsp3) is 0.278. The minimum Gasteiger partial charge on any atom is -0.362 e. The molecular weight excluding hydrogens is 305 g/mol. The highest BCUT2D eigenvalue weighted by atomic mass is 19.1. The van der Waals surface area contributed by atoms with Crippen LogP contribution in [-0.4, -0.2) is 20.0 Å². The lowest BCUT2D eigenvalue weighted by Gasteiger charge is -2.26. The Balaban J connectivity index is 1.55. The number of rotatable bonds is 3. The maximum Gasteiger partial charge on any atom is 0.175 e. The Bertz CT molecular complexity index is 856. The van der Waals surface area contributed by atoms with Gasteiger partial charge in [-0.25, -0.2) is 9.07 Å². The maximum absolute atomic E-state index is 13.6.